The Morgan fingerprint density at radius 3 is 3.06 bits per heavy atom. The Bertz CT molecular complexity index is 346. The third kappa shape index (κ3) is 5.49. The van der Waals surface area contributed by atoms with E-state index in [-0.39, 0.29) is 11.9 Å². The molecule has 1 aromatic heterocycles. The van der Waals surface area contributed by atoms with Gasteiger partial charge in [0.15, 0.2) is 5.82 Å². The first-order chi connectivity index (χ1) is 8.11. The van der Waals surface area contributed by atoms with Gasteiger partial charge in [0.05, 0.1) is 0 Å². The van der Waals surface area contributed by atoms with Crippen molar-refractivity contribution < 1.29 is 4.79 Å². The number of aryl methyl sites for hydroxylation is 1. The van der Waals surface area contributed by atoms with E-state index in [9.17, 15) is 4.79 Å². The number of anilines is 1. The van der Waals surface area contributed by atoms with Gasteiger partial charge in [-0.3, -0.25) is 9.89 Å². The molecule has 0 aliphatic rings. The van der Waals surface area contributed by atoms with Crippen molar-refractivity contribution >= 4 is 11.7 Å². The van der Waals surface area contributed by atoms with Crippen molar-refractivity contribution in [1.29, 1.82) is 0 Å². The molecule has 1 unspecified atom stereocenters. The third-order valence-corrected chi connectivity index (χ3v) is 2.48. The summed E-state index contributed by atoms with van der Waals surface area (Å²) >= 11 is 0. The first kappa shape index (κ1) is 13.7. The molecule has 1 amide bonds. The topological polar surface area (TPSA) is 83.8 Å². The SMILES string of the molecule is CCCc1cc(NC(=O)CCCC(C)N)n[nH]1. The number of aromatic amines is 1. The van der Waals surface area contributed by atoms with Crippen LogP contribution in [0.3, 0.4) is 0 Å². The number of nitrogens with two attached hydrogens (primary N) is 1. The fraction of sp³-hybridized carbons (Fsp3) is 0.667. The molecule has 0 aliphatic heterocycles. The molecule has 0 aliphatic carbocycles. The number of carbonyl (C=O) groups excluding carboxylic acids is 1. The molecule has 5 heteroatoms. The van der Waals surface area contributed by atoms with E-state index in [0.717, 1.165) is 31.4 Å². The van der Waals surface area contributed by atoms with E-state index in [1.54, 1.807) is 0 Å². The molecule has 96 valence electrons. The van der Waals surface area contributed by atoms with Gasteiger partial charge in [0, 0.05) is 24.2 Å². The summed E-state index contributed by atoms with van der Waals surface area (Å²) in [4.78, 5) is 11.6. The number of aromatic nitrogens is 2. The van der Waals surface area contributed by atoms with E-state index in [4.69, 9.17) is 5.73 Å². The van der Waals surface area contributed by atoms with Crippen LogP contribution in [-0.4, -0.2) is 22.1 Å². The number of H-pyrrole nitrogens is 1. The fourth-order valence-corrected chi connectivity index (χ4v) is 1.61. The number of hydrogen-bond donors (Lipinski definition) is 3. The quantitative estimate of drug-likeness (QED) is 0.677. The Labute approximate surface area is 102 Å². The minimum absolute atomic E-state index is 0.000184. The molecule has 0 saturated carbocycles. The van der Waals surface area contributed by atoms with Crippen LogP contribution in [0.15, 0.2) is 6.07 Å². The monoisotopic (exact) mass is 238 g/mol. The average Bonchev–Trinajstić information content (AvgIpc) is 2.65. The summed E-state index contributed by atoms with van der Waals surface area (Å²) in [5.74, 6) is 0.611. The van der Waals surface area contributed by atoms with Gasteiger partial charge in [-0.2, -0.15) is 5.10 Å². The van der Waals surface area contributed by atoms with Gasteiger partial charge in [-0.1, -0.05) is 13.3 Å². The van der Waals surface area contributed by atoms with E-state index in [1.807, 2.05) is 13.0 Å². The summed E-state index contributed by atoms with van der Waals surface area (Å²) in [7, 11) is 0. The first-order valence-electron chi connectivity index (χ1n) is 6.21. The molecule has 0 spiro atoms. The van der Waals surface area contributed by atoms with Crippen molar-refractivity contribution in [2.24, 2.45) is 5.73 Å². The molecule has 1 heterocycles. The molecule has 4 N–H and O–H groups in total. The molecule has 0 aromatic carbocycles. The largest absolute Gasteiger partial charge is 0.328 e. The number of rotatable bonds is 7. The van der Waals surface area contributed by atoms with Crippen molar-refractivity contribution in [1.82, 2.24) is 10.2 Å². The van der Waals surface area contributed by atoms with Crippen LogP contribution in [0.25, 0.3) is 0 Å². The van der Waals surface area contributed by atoms with Crippen molar-refractivity contribution in [3.05, 3.63) is 11.8 Å². The summed E-state index contributed by atoms with van der Waals surface area (Å²) < 4.78 is 0. The van der Waals surface area contributed by atoms with E-state index in [0.29, 0.717) is 12.2 Å². The zero-order chi connectivity index (χ0) is 12.7. The Hall–Kier alpha value is -1.36. The van der Waals surface area contributed by atoms with Crippen molar-refractivity contribution in [3.8, 4) is 0 Å². The van der Waals surface area contributed by atoms with Crippen LogP contribution in [0.4, 0.5) is 5.82 Å². The van der Waals surface area contributed by atoms with Gasteiger partial charge in [0.25, 0.3) is 0 Å². The second-order valence-corrected chi connectivity index (χ2v) is 4.45. The van der Waals surface area contributed by atoms with Gasteiger partial charge in [0.2, 0.25) is 5.91 Å². The summed E-state index contributed by atoms with van der Waals surface area (Å²) in [6.45, 7) is 4.05. The van der Waals surface area contributed by atoms with Gasteiger partial charge in [-0.15, -0.1) is 0 Å². The molecule has 0 radical (unpaired) electrons. The van der Waals surface area contributed by atoms with Crippen LogP contribution in [0, 0.1) is 0 Å². The maximum absolute atomic E-state index is 11.6. The van der Waals surface area contributed by atoms with Crippen LogP contribution in [0.5, 0.6) is 0 Å². The van der Waals surface area contributed by atoms with E-state index in [2.05, 4.69) is 22.4 Å². The minimum Gasteiger partial charge on any atom is -0.328 e. The van der Waals surface area contributed by atoms with E-state index >= 15 is 0 Å². The van der Waals surface area contributed by atoms with E-state index in [1.165, 1.54) is 0 Å². The molecule has 0 bridgehead atoms. The Balaban J connectivity index is 2.29. The molecule has 0 fully saturated rings. The van der Waals surface area contributed by atoms with Gasteiger partial charge >= 0.3 is 0 Å². The zero-order valence-corrected chi connectivity index (χ0v) is 10.6. The van der Waals surface area contributed by atoms with Crippen molar-refractivity contribution in [2.45, 2.75) is 52.0 Å². The van der Waals surface area contributed by atoms with Crippen LogP contribution in [0.2, 0.25) is 0 Å². The number of hydrogen-bond acceptors (Lipinski definition) is 3. The number of nitrogens with one attached hydrogen (secondary N) is 2. The van der Waals surface area contributed by atoms with Gasteiger partial charge < -0.3 is 11.1 Å². The summed E-state index contributed by atoms with van der Waals surface area (Å²) in [6.07, 6.45) is 4.19. The normalized spacial score (nSPS) is 12.4. The standard InChI is InChI=1S/C12H22N4O/c1-3-5-10-8-11(16-15-10)14-12(17)7-4-6-9(2)13/h8-9H,3-7,13H2,1-2H3,(H2,14,15,16,17). The fourth-order valence-electron chi connectivity index (χ4n) is 1.61. The Kier molecular flexibility index (Phi) is 5.69. The Morgan fingerprint density at radius 2 is 2.41 bits per heavy atom. The molecular formula is C12H22N4O. The highest BCUT2D eigenvalue weighted by Gasteiger charge is 2.06. The lowest BCUT2D eigenvalue weighted by Gasteiger charge is -2.04. The van der Waals surface area contributed by atoms with Crippen molar-refractivity contribution in [2.75, 3.05) is 5.32 Å². The lowest BCUT2D eigenvalue weighted by atomic mass is 10.1. The highest BCUT2D eigenvalue weighted by atomic mass is 16.1. The first-order valence-corrected chi connectivity index (χ1v) is 6.21. The molecule has 5 nitrogen and oxygen atoms in total. The molecule has 17 heavy (non-hydrogen) atoms. The lowest BCUT2D eigenvalue weighted by molar-refractivity contribution is -0.116. The Morgan fingerprint density at radius 1 is 1.65 bits per heavy atom. The molecule has 1 atom stereocenters. The summed E-state index contributed by atoms with van der Waals surface area (Å²) in [6, 6.07) is 2.04. The highest BCUT2D eigenvalue weighted by Crippen LogP contribution is 2.08. The number of nitrogens with zero attached hydrogens (tertiary/aromatic N) is 1. The second-order valence-electron chi connectivity index (χ2n) is 4.45. The van der Waals surface area contributed by atoms with Gasteiger partial charge in [-0.25, -0.2) is 0 Å². The van der Waals surface area contributed by atoms with Crippen LogP contribution in [0.1, 0.15) is 45.2 Å². The molecule has 0 saturated heterocycles. The predicted molar refractivity (Wildman–Crippen MR) is 68.7 cm³/mol. The van der Waals surface area contributed by atoms with Gasteiger partial charge in [0.1, 0.15) is 0 Å². The molecule has 1 aromatic rings. The third-order valence-electron chi connectivity index (χ3n) is 2.48. The van der Waals surface area contributed by atoms with Crippen LogP contribution in [-0.2, 0) is 11.2 Å². The minimum atomic E-state index is 0.000184. The summed E-state index contributed by atoms with van der Waals surface area (Å²) in [5, 5.41) is 9.71. The van der Waals surface area contributed by atoms with Gasteiger partial charge in [-0.05, 0) is 26.2 Å². The average molecular weight is 238 g/mol. The predicted octanol–water partition coefficient (Wildman–Crippen LogP) is 1.82. The molecular weight excluding hydrogens is 216 g/mol. The summed E-state index contributed by atoms with van der Waals surface area (Å²) in [5.41, 5.74) is 6.67. The smallest absolute Gasteiger partial charge is 0.225 e. The van der Waals surface area contributed by atoms with E-state index < -0.39 is 0 Å². The zero-order valence-electron chi connectivity index (χ0n) is 10.6. The number of carbonyl (C=O) groups is 1. The molecule has 1 rings (SSSR count). The second kappa shape index (κ2) is 7.06. The number of amides is 1. The van der Waals surface area contributed by atoms with Crippen LogP contribution >= 0.6 is 0 Å². The highest BCUT2D eigenvalue weighted by molar-refractivity contribution is 5.89. The van der Waals surface area contributed by atoms with Crippen LogP contribution < -0.4 is 11.1 Å². The van der Waals surface area contributed by atoms with Crippen molar-refractivity contribution in [3.63, 3.8) is 0 Å². The lowest BCUT2D eigenvalue weighted by Crippen LogP contribution is -2.16. The maximum atomic E-state index is 11.6. The maximum Gasteiger partial charge on any atom is 0.225 e.